The van der Waals surface area contributed by atoms with Gasteiger partial charge in [0, 0.05) is 16.7 Å². The van der Waals surface area contributed by atoms with Crippen molar-refractivity contribution in [3.8, 4) is 5.75 Å². The molecule has 0 heterocycles. The molecular formula is C21H25BrN2O3. The molecule has 0 radical (unpaired) electrons. The highest BCUT2D eigenvalue weighted by Crippen LogP contribution is 2.18. The van der Waals surface area contributed by atoms with Crippen molar-refractivity contribution < 1.29 is 14.3 Å². The van der Waals surface area contributed by atoms with Crippen LogP contribution in [0.5, 0.6) is 5.75 Å². The normalized spacial score (nSPS) is 10.3. The second-order valence-electron chi connectivity index (χ2n) is 6.23. The summed E-state index contributed by atoms with van der Waals surface area (Å²) in [6.45, 7) is 4.77. The number of hydrogen-bond acceptors (Lipinski definition) is 3. The SMILES string of the molecule is CCCN(CC(=O)Nc1ccccc1C)C(=O)CCOc1cccc(Br)c1. The highest BCUT2D eigenvalue weighted by atomic mass is 79.9. The van der Waals surface area contributed by atoms with Crippen LogP contribution in [0.1, 0.15) is 25.3 Å². The lowest BCUT2D eigenvalue weighted by Crippen LogP contribution is -2.39. The van der Waals surface area contributed by atoms with E-state index in [4.69, 9.17) is 4.74 Å². The summed E-state index contributed by atoms with van der Waals surface area (Å²) in [5.74, 6) is 0.419. The quantitative estimate of drug-likeness (QED) is 0.638. The van der Waals surface area contributed by atoms with Gasteiger partial charge >= 0.3 is 0 Å². The summed E-state index contributed by atoms with van der Waals surface area (Å²) in [7, 11) is 0. The zero-order chi connectivity index (χ0) is 19.6. The predicted octanol–water partition coefficient (Wildman–Crippen LogP) is 4.40. The van der Waals surface area contributed by atoms with E-state index in [1.54, 1.807) is 4.90 Å². The van der Waals surface area contributed by atoms with Crippen LogP contribution < -0.4 is 10.1 Å². The first-order valence-corrected chi connectivity index (χ1v) is 9.80. The molecule has 6 heteroatoms. The fourth-order valence-electron chi connectivity index (χ4n) is 2.61. The van der Waals surface area contributed by atoms with Crippen molar-refractivity contribution in [1.29, 1.82) is 0 Å². The van der Waals surface area contributed by atoms with E-state index >= 15 is 0 Å². The summed E-state index contributed by atoms with van der Waals surface area (Å²) in [5, 5.41) is 2.87. The molecule has 0 saturated heterocycles. The Kier molecular flexibility index (Phi) is 8.33. The number of nitrogens with one attached hydrogen (secondary N) is 1. The third kappa shape index (κ3) is 7.06. The van der Waals surface area contributed by atoms with E-state index in [1.165, 1.54) is 0 Å². The molecule has 1 N–H and O–H groups in total. The first kappa shape index (κ1) is 21.0. The topological polar surface area (TPSA) is 58.6 Å². The average molecular weight is 433 g/mol. The fraction of sp³-hybridized carbons (Fsp3) is 0.333. The zero-order valence-electron chi connectivity index (χ0n) is 15.7. The Morgan fingerprint density at radius 1 is 1.15 bits per heavy atom. The molecule has 5 nitrogen and oxygen atoms in total. The summed E-state index contributed by atoms with van der Waals surface area (Å²) in [4.78, 5) is 26.4. The van der Waals surface area contributed by atoms with Crippen molar-refractivity contribution in [2.75, 3.05) is 25.0 Å². The van der Waals surface area contributed by atoms with E-state index in [9.17, 15) is 9.59 Å². The van der Waals surface area contributed by atoms with E-state index in [2.05, 4.69) is 21.2 Å². The molecule has 0 unspecified atom stereocenters. The van der Waals surface area contributed by atoms with E-state index < -0.39 is 0 Å². The number of aryl methyl sites for hydroxylation is 1. The summed E-state index contributed by atoms with van der Waals surface area (Å²) in [6, 6.07) is 15.1. The first-order chi connectivity index (χ1) is 13.0. The lowest BCUT2D eigenvalue weighted by Gasteiger charge is -2.22. The maximum atomic E-state index is 12.5. The van der Waals surface area contributed by atoms with Crippen LogP contribution in [0.4, 0.5) is 5.69 Å². The number of hydrogen-bond donors (Lipinski definition) is 1. The van der Waals surface area contributed by atoms with Crippen molar-refractivity contribution in [3.05, 3.63) is 58.6 Å². The second-order valence-corrected chi connectivity index (χ2v) is 7.15. The van der Waals surface area contributed by atoms with Crippen molar-refractivity contribution in [3.63, 3.8) is 0 Å². The van der Waals surface area contributed by atoms with Crippen molar-refractivity contribution in [2.45, 2.75) is 26.7 Å². The molecule has 2 amide bonds. The Morgan fingerprint density at radius 2 is 1.93 bits per heavy atom. The van der Waals surface area contributed by atoms with Gasteiger partial charge in [-0.2, -0.15) is 0 Å². The molecule has 0 fully saturated rings. The number of nitrogens with zero attached hydrogens (tertiary/aromatic N) is 1. The molecule has 0 aliphatic carbocycles. The number of rotatable bonds is 9. The van der Waals surface area contributed by atoms with E-state index in [0.29, 0.717) is 12.3 Å². The van der Waals surface area contributed by atoms with Gasteiger partial charge in [-0.15, -0.1) is 0 Å². The first-order valence-electron chi connectivity index (χ1n) is 9.01. The lowest BCUT2D eigenvalue weighted by atomic mass is 10.2. The lowest BCUT2D eigenvalue weighted by molar-refractivity contribution is -0.135. The molecular weight excluding hydrogens is 408 g/mol. The van der Waals surface area contributed by atoms with Gasteiger partial charge in [0.25, 0.3) is 0 Å². The Bertz CT molecular complexity index is 780. The van der Waals surface area contributed by atoms with Gasteiger partial charge in [-0.25, -0.2) is 0 Å². The van der Waals surface area contributed by atoms with Crippen LogP contribution in [-0.2, 0) is 9.59 Å². The molecule has 2 aromatic carbocycles. The van der Waals surface area contributed by atoms with Gasteiger partial charge in [0.05, 0.1) is 19.6 Å². The Balaban J connectivity index is 1.86. The number of carbonyl (C=O) groups is 2. The number of anilines is 1. The molecule has 0 saturated carbocycles. The average Bonchev–Trinajstić information content (AvgIpc) is 2.63. The number of ether oxygens (including phenoxy) is 1. The summed E-state index contributed by atoms with van der Waals surface area (Å²) in [5.41, 5.74) is 1.76. The van der Waals surface area contributed by atoms with E-state index in [0.717, 1.165) is 22.1 Å². The van der Waals surface area contributed by atoms with Gasteiger partial charge in [-0.05, 0) is 43.2 Å². The molecule has 0 atom stereocenters. The Labute approximate surface area is 168 Å². The predicted molar refractivity (Wildman–Crippen MR) is 111 cm³/mol. The number of para-hydroxylation sites is 1. The largest absolute Gasteiger partial charge is 0.493 e. The van der Waals surface area contributed by atoms with Crippen molar-refractivity contribution >= 4 is 33.4 Å². The van der Waals surface area contributed by atoms with Crippen LogP contribution in [0.3, 0.4) is 0 Å². The molecule has 0 spiro atoms. The molecule has 0 bridgehead atoms. The monoisotopic (exact) mass is 432 g/mol. The zero-order valence-corrected chi connectivity index (χ0v) is 17.3. The summed E-state index contributed by atoms with van der Waals surface area (Å²) < 4.78 is 6.55. The van der Waals surface area contributed by atoms with Crippen LogP contribution in [0.2, 0.25) is 0 Å². The summed E-state index contributed by atoms with van der Waals surface area (Å²) in [6.07, 6.45) is 1.01. The molecule has 0 aliphatic heterocycles. The minimum atomic E-state index is -0.195. The van der Waals surface area contributed by atoms with Crippen molar-refractivity contribution in [2.24, 2.45) is 0 Å². The molecule has 0 aliphatic rings. The smallest absolute Gasteiger partial charge is 0.244 e. The van der Waals surface area contributed by atoms with Crippen LogP contribution in [-0.4, -0.2) is 36.4 Å². The maximum Gasteiger partial charge on any atom is 0.244 e. The summed E-state index contributed by atoms with van der Waals surface area (Å²) >= 11 is 3.39. The molecule has 2 rings (SSSR count). The van der Waals surface area contributed by atoms with Crippen LogP contribution in [0, 0.1) is 6.92 Å². The third-order valence-electron chi connectivity index (χ3n) is 3.98. The van der Waals surface area contributed by atoms with Gasteiger partial charge in [0.1, 0.15) is 5.75 Å². The highest BCUT2D eigenvalue weighted by Gasteiger charge is 2.17. The fourth-order valence-corrected chi connectivity index (χ4v) is 2.99. The molecule has 27 heavy (non-hydrogen) atoms. The second kappa shape index (κ2) is 10.7. The Hall–Kier alpha value is -2.34. The van der Waals surface area contributed by atoms with Gasteiger partial charge in [0.15, 0.2) is 0 Å². The van der Waals surface area contributed by atoms with Crippen LogP contribution in [0.15, 0.2) is 53.0 Å². The number of halogens is 1. The van der Waals surface area contributed by atoms with Gasteiger partial charge in [-0.3, -0.25) is 9.59 Å². The standard InChI is InChI=1S/C21H25BrN2O3/c1-3-12-24(15-20(25)23-19-10-5-4-7-16(19)2)21(26)11-13-27-18-9-6-8-17(22)14-18/h4-10,14H,3,11-13,15H2,1-2H3,(H,23,25). The van der Waals surface area contributed by atoms with Crippen LogP contribution >= 0.6 is 15.9 Å². The molecule has 2 aromatic rings. The number of amides is 2. The van der Waals surface area contributed by atoms with Gasteiger partial charge < -0.3 is 15.0 Å². The van der Waals surface area contributed by atoms with E-state index in [-0.39, 0.29) is 31.4 Å². The highest BCUT2D eigenvalue weighted by molar-refractivity contribution is 9.10. The third-order valence-corrected chi connectivity index (χ3v) is 4.47. The molecule has 0 aromatic heterocycles. The number of benzene rings is 2. The van der Waals surface area contributed by atoms with E-state index in [1.807, 2.05) is 62.4 Å². The van der Waals surface area contributed by atoms with Gasteiger partial charge in [0.2, 0.25) is 11.8 Å². The van der Waals surface area contributed by atoms with Crippen molar-refractivity contribution in [1.82, 2.24) is 4.90 Å². The molecule has 144 valence electrons. The maximum absolute atomic E-state index is 12.5. The minimum absolute atomic E-state index is 0.0396. The Morgan fingerprint density at radius 3 is 2.63 bits per heavy atom. The minimum Gasteiger partial charge on any atom is -0.493 e. The van der Waals surface area contributed by atoms with Crippen LogP contribution in [0.25, 0.3) is 0 Å². The number of carbonyl (C=O) groups excluding carboxylic acids is 2. The van der Waals surface area contributed by atoms with Gasteiger partial charge in [-0.1, -0.05) is 47.1 Å².